The number of fused-ring (bicyclic) bond motifs is 2. The van der Waals surface area contributed by atoms with E-state index in [1.165, 1.54) is 16.7 Å². The summed E-state index contributed by atoms with van der Waals surface area (Å²) in [6.07, 6.45) is 6.94. The van der Waals surface area contributed by atoms with Crippen LogP contribution >= 0.6 is 12.4 Å². The van der Waals surface area contributed by atoms with E-state index in [1.807, 2.05) is 0 Å². The maximum absolute atomic E-state index is 11.8. The zero-order valence-electron chi connectivity index (χ0n) is 16.8. The molecule has 0 aliphatic heterocycles. The molecule has 0 saturated carbocycles. The van der Waals surface area contributed by atoms with E-state index in [2.05, 4.69) is 80.7 Å². The van der Waals surface area contributed by atoms with Crippen LogP contribution in [0.2, 0.25) is 0 Å². The highest BCUT2D eigenvalue weighted by Crippen LogP contribution is 2.52. The Hall–Kier alpha value is -1.64. The third kappa shape index (κ3) is 4.12. The van der Waals surface area contributed by atoms with E-state index < -0.39 is 0 Å². The first-order valence-electron chi connectivity index (χ1n) is 9.76. The van der Waals surface area contributed by atoms with Gasteiger partial charge in [-0.3, -0.25) is 0 Å². The van der Waals surface area contributed by atoms with Crippen LogP contribution in [0, 0.1) is 0 Å². The maximum Gasteiger partial charge on any atom is 0.128 e. The van der Waals surface area contributed by atoms with Crippen LogP contribution in [0.25, 0.3) is 5.57 Å². The van der Waals surface area contributed by atoms with Crippen LogP contribution in [0.1, 0.15) is 58.1 Å². The number of carbonyl (C=O) groups excluding carboxylic acids is 1. The topological polar surface area (TPSA) is 41.1 Å². The van der Waals surface area contributed by atoms with Gasteiger partial charge in [0.2, 0.25) is 0 Å². The second-order valence-corrected chi connectivity index (χ2v) is 7.94. The fourth-order valence-corrected chi connectivity index (χ4v) is 4.39. The fourth-order valence-electron chi connectivity index (χ4n) is 4.39. The molecule has 2 aliphatic carbocycles. The minimum Gasteiger partial charge on any atom is -0.315 e. The SMILES string of the molecule is CC(C)NCCCC1(NC(C)C)C2=C(C=CCC2=C=O)c2ccccc21.Cl. The van der Waals surface area contributed by atoms with Gasteiger partial charge in [0.15, 0.2) is 0 Å². The minimum atomic E-state index is -0.309. The van der Waals surface area contributed by atoms with Crippen molar-refractivity contribution in [1.29, 1.82) is 0 Å². The molecule has 1 aromatic carbocycles. The summed E-state index contributed by atoms with van der Waals surface area (Å²) in [4.78, 5) is 11.8. The first kappa shape index (κ1) is 21.7. The summed E-state index contributed by atoms with van der Waals surface area (Å²) in [6, 6.07) is 9.38. The van der Waals surface area contributed by atoms with E-state index in [1.54, 1.807) is 0 Å². The van der Waals surface area contributed by atoms with Crippen LogP contribution in [-0.2, 0) is 10.3 Å². The van der Waals surface area contributed by atoms with Crippen LogP contribution < -0.4 is 10.6 Å². The highest BCUT2D eigenvalue weighted by molar-refractivity contribution is 5.92. The lowest BCUT2D eigenvalue weighted by Crippen LogP contribution is -2.47. The lowest BCUT2D eigenvalue weighted by molar-refractivity contribution is 0.330. The normalized spacial score (nSPS) is 20.6. The predicted octanol–water partition coefficient (Wildman–Crippen LogP) is 4.57. The molecule has 0 amide bonds. The molecule has 146 valence electrons. The van der Waals surface area contributed by atoms with Gasteiger partial charge < -0.3 is 10.6 Å². The van der Waals surface area contributed by atoms with Gasteiger partial charge in [-0.05, 0) is 55.5 Å². The van der Waals surface area contributed by atoms with Gasteiger partial charge in [0.1, 0.15) is 5.94 Å². The molecule has 1 unspecified atom stereocenters. The number of benzene rings is 1. The Balaban J connectivity index is 0.00000261. The monoisotopic (exact) mass is 386 g/mol. The van der Waals surface area contributed by atoms with Crippen molar-refractivity contribution in [2.75, 3.05) is 6.54 Å². The quantitative estimate of drug-likeness (QED) is 0.533. The van der Waals surface area contributed by atoms with E-state index in [0.29, 0.717) is 18.5 Å². The second-order valence-electron chi connectivity index (χ2n) is 7.94. The standard InChI is InChI=1S/C23H30N2O.ClH/c1-16(2)24-14-8-13-23(25-17(3)4)21-12-6-5-10-19(21)20-11-7-9-18(15-26)22(20)23;/h5-7,10-12,16-17,24-25H,8-9,13-14H2,1-4H3;1H. The lowest BCUT2D eigenvalue weighted by Gasteiger charge is -2.38. The Labute approximate surface area is 169 Å². The van der Waals surface area contributed by atoms with Crippen molar-refractivity contribution >= 4 is 23.9 Å². The summed E-state index contributed by atoms with van der Waals surface area (Å²) in [5, 5.41) is 7.36. The summed E-state index contributed by atoms with van der Waals surface area (Å²) in [5.41, 5.74) is 5.36. The van der Waals surface area contributed by atoms with Gasteiger partial charge in [-0.15, -0.1) is 12.4 Å². The molecule has 3 nitrogen and oxygen atoms in total. The van der Waals surface area contributed by atoms with Crippen molar-refractivity contribution in [3.05, 3.63) is 58.7 Å². The Kier molecular flexibility index (Phi) is 7.25. The zero-order valence-corrected chi connectivity index (χ0v) is 17.6. The van der Waals surface area contributed by atoms with E-state index in [9.17, 15) is 4.79 Å². The van der Waals surface area contributed by atoms with Crippen molar-refractivity contribution in [3.8, 4) is 0 Å². The molecular weight excluding hydrogens is 356 g/mol. The number of nitrogens with one attached hydrogen (secondary N) is 2. The summed E-state index contributed by atoms with van der Waals surface area (Å²) in [6.45, 7) is 9.68. The molecule has 2 aliphatic rings. The van der Waals surface area contributed by atoms with Crippen LogP contribution in [0.3, 0.4) is 0 Å². The minimum absolute atomic E-state index is 0. The second kappa shape index (κ2) is 9.03. The average Bonchev–Trinajstić information content (AvgIpc) is 2.89. The largest absolute Gasteiger partial charge is 0.315 e. The van der Waals surface area contributed by atoms with Crippen molar-refractivity contribution in [2.24, 2.45) is 0 Å². The lowest BCUT2D eigenvalue weighted by atomic mass is 9.77. The first-order chi connectivity index (χ1) is 12.5. The number of hydrogen-bond donors (Lipinski definition) is 2. The van der Waals surface area contributed by atoms with Gasteiger partial charge >= 0.3 is 0 Å². The Bertz CT molecular complexity index is 787. The maximum atomic E-state index is 11.8. The van der Waals surface area contributed by atoms with Crippen LogP contribution in [0.15, 0.2) is 47.6 Å². The van der Waals surface area contributed by atoms with Crippen LogP contribution in [0.5, 0.6) is 0 Å². The molecule has 27 heavy (non-hydrogen) atoms. The van der Waals surface area contributed by atoms with Gasteiger partial charge in [0.05, 0.1) is 5.54 Å². The van der Waals surface area contributed by atoms with Gasteiger partial charge in [-0.2, -0.15) is 0 Å². The molecule has 1 atom stereocenters. The smallest absolute Gasteiger partial charge is 0.128 e. The highest BCUT2D eigenvalue weighted by atomic mass is 35.5. The zero-order chi connectivity index (χ0) is 18.7. The van der Waals surface area contributed by atoms with Gasteiger partial charge in [0, 0.05) is 24.1 Å². The van der Waals surface area contributed by atoms with Gasteiger partial charge in [-0.1, -0.05) is 50.3 Å². The van der Waals surface area contributed by atoms with Crippen LogP contribution in [0.4, 0.5) is 0 Å². The van der Waals surface area contributed by atoms with E-state index in [4.69, 9.17) is 0 Å². The number of halogens is 1. The number of rotatable bonds is 7. The van der Waals surface area contributed by atoms with E-state index in [0.717, 1.165) is 30.5 Å². The van der Waals surface area contributed by atoms with Crippen molar-refractivity contribution in [2.45, 2.75) is 64.6 Å². The number of hydrogen-bond acceptors (Lipinski definition) is 3. The molecule has 0 heterocycles. The summed E-state index contributed by atoms with van der Waals surface area (Å²) < 4.78 is 0. The molecule has 4 heteroatoms. The van der Waals surface area contributed by atoms with Crippen molar-refractivity contribution in [1.82, 2.24) is 10.6 Å². The van der Waals surface area contributed by atoms with E-state index in [-0.39, 0.29) is 17.9 Å². The summed E-state index contributed by atoms with van der Waals surface area (Å²) >= 11 is 0. The van der Waals surface area contributed by atoms with Crippen molar-refractivity contribution in [3.63, 3.8) is 0 Å². The Morgan fingerprint density at radius 3 is 2.56 bits per heavy atom. The molecule has 0 radical (unpaired) electrons. The highest BCUT2D eigenvalue weighted by Gasteiger charge is 2.46. The Morgan fingerprint density at radius 2 is 1.89 bits per heavy atom. The summed E-state index contributed by atoms with van der Waals surface area (Å²) in [7, 11) is 0. The first-order valence-corrected chi connectivity index (χ1v) is 9.76. The number of allylic oxidation sites excluding steroid dienone is 3. The third-order valence-electron chi connectivity index (χ3n) is 5.22. The molecule has 0 fully saturated rings. The Morgan fingerprint density at radius 1 is 1.15 bits per heavy atom. The third-order valence-corrected chi connectivity index (χ3v) is 5.22. The molecule has 1 aromatic rings. The average molecular weight is 387 g/mol. The predicted molar refractivity (Wildman–Crippen MR) is 116 cm³/mol. The molecule has 3 rings (SSSR count). The molecule has 0 bridgehead atoms. The fraction of sp³-hybridized carbons (Fsp3) is 0.478. The van der Waals surface area contributed by atoms with E-state index >= 15 is 0 Å². The van der Waals surface area contributed by atoms with Crippen LogP contribution in [-0.4, -0.2) is 24.6 Å². The molecular formula is C23H31ClN2O. The molecule has 0 aromatic heterocycles. The summed E-state index contributed by atoms with van der Waals surface area (Å²) in [5.74, 6) is 2.25. The van der Waals surface area contributed by atoms with Gasteiger partial charge in [0.25, 0.3) is 0 Å². The molecule has 2 N–H and O–H groups in total. The van der Waals surface area contributed by atoms with Crippen molar-refractivity contribution < 1.29 is 4.79 Å². The van der Waals surface area contributed by atoms with Gasteiger partial charge in [-0.25, -0.2) is 4.79 Å². The molecule has 0 spiro atoms. The molecule has 0 saturated heterocycles.